The fourth-order valence-electron chi connectivity index (χ4n) is 3.69. The number of phenols is 1. The number of aryl methyl sites for hydroxylation is 1. The van der Waals surface area contributed by atoms with Crippen molar-refractivity contribution in [3.8, 4) is 17.1 Å². The van der Waals surface area contributed by atoms with Crippen molar-refractivity contribution in [3.05, 3.63) is 48.0 Å². The van der Waals surface area contributed by atoms with Crippen LogP contribution in [-0.4, -0.2) is 64.6 Å². The molecule has 0 spiro atoms. The van der Waals surface area contributed by atoms with E-state index < -0.39 is 11.9 Å². The van der Waals surface area contributed by atoms with Gasteiger partial charge in [0.05, 0.1) is 17.7 Å². The Morgan fingerprint density at radius 3 is 2.52 bits per heavy atom. The van der Waals surface area contributed by atoms with Gasteiger partial charge in [0.15, 0.2) is 5.82 Å². The van der Waals surface area contributed by atoms with Crippen LogP contribution < -0.4 is 4.90 Å². The van der Waals surface area contributed by atoms with Crippen LogP contribution in [0.3, 0.4) is 0 Å². The fourth-order valence-corrected chi connectivity index (χ4v) is 3.69. The summed E-state index contributed by atoms with van der Waals surface area (Å²) in [6, 6.07) is 13.0. The Labute approximate surface area is 180 Å². The second kappa shape index (κ2) is 8.59. The number of ether oxygens (including phenoxy) is 1. The van der Waals surface area contributed by atoms with Crippen molar-refractivity contribution in [2.24, 2.45) is 0 Å². The maximum Gasteiger partial charge on any atom is 0.397 e. The largest absolute Gasteiger partial charge is 0.507 e. The minimum atomic E-state index is -0.819. The van der Waals surface area contributed by atoms with E-state index in [9.17, 15) is 14.7 Å². The minimum Gasteiger partial charge on any atom is -0.507 e. The van der Waals surface area contributed by atoms with Gasteiger partial charge in [0, 0.05) is 31.6 Å². The van der Waals surface area contributed by atoms with E-state index in [1.165, 1.54) is 4.90 Å². The number of fused-ring (bicyclic) bond motifs is 1. The van der Waals surface area contributed by atoms with Gasteiger partial charge in [0.25, 0.3) is 0 Å². The summed E-state index contributed by atoms with van der Waals surface area (Å²) in [6.45, 7) is 5.67. The summed E-state index contributed by atoms with van der Waals surface area (Å²) in [7, 11) is 0. The van der Waals surface area contributed by atoms with E-state index in [1.807, 2.05) is 31.2 Å². The molecular weight excluding hydrogens is 396 g/mol. The highest BCUT2D eigenvalue weighted by atomic mass is 16.5. The normalized spacial score (nSPS) is 14.0. The Hall–Kier alpha value is -3.68. The van der Waals surface area contributed by atoms with Crippen molar-refractivity contribution >= 4 is 28.6 Å². The quantitative estimate of drug-likeness (QED) is 0.514. The van der Waals surface area contributed by atoms with Crippen LogP contribution >= 0.6 is 0 Å². The van der Waals surface area contributed by atoms with Gasteiger partial charge in [-0.15, -0.1) is 0 Å². The molecule has 8 heteroatoms. The van der Waals surface area contributed by atoms with Crippen molar-refractivity contribution in [2.75, 3.05) is 37.7 Å². The maximum absolute atomic E-state index is 12.2. The number of hydrogen-bond acceptors (Lipinski definition) is 7. The molecule has 3 aromatic rings. The number of hydrogen-bond donors (Lipinski definition) is 1. The molecule has 2 heterocycles. The van der Waals surface area contributed by atoms with Gasteiger partial charge < -0.3 is 19.6 Å². The summed E-state index contributed by atoms with van der Waals surface area (Å²) in [6.07, 6.45) is 0. The number of carbonyl (C=O) groups excluding carboxylic acids is 2. The molecular formula is C23H24N4O4. The third-order valence-corrected chi connectivity index (χ3v) is 5.29. The number of carbonyl (C=O) groups is 2. The zero-order valence-electron chi connectivity index (χ0n) is 17.5. The maximum atomic E-state index is 12.2. The second-order valence-corrected chi connectivity index (χ2v) is 7.41. The van der Waals surface area contributed by atoms with Crippen LogP contribution in [0.15, 0.2) is 42.5 Å². The number of phenolic OH excluding ortho intramolecular Hbond substituents is 1. The van der Waals surface area contributed by atoms with Crippen LogP contribution in [0.2, 0.25) is 0 Å². The minimum absolute atomic E-state index is 0.116. The summed E-state index contributed by atoms with van der Waals surface area (Å²) in [5, 5.41) is 11.2. The Morgan fingerprint density at radius 1 is 1.06 bits per heavy atom. The van der Waals surface area contributed by atoms with E-state index in [0.717, 1.165) is 22.3 Å². The molecule has 1 N–H and O–H groups in total. The van der Waals surface area contributed by atoms with Crippen LogP contribution in [0.25, 0.3) is 22.3 Å². The van der Waals surface area contributed by atoms with Gasteiger partial charge in [-0.3, -0.25) is 4.79 Å². The third kappa shape index (κ3) is 4.14. The Balaban J connectivity index is 1.67. The number of nitrogens with zero attached hydrogens (tertiary/aromatic N) is 4. The Bertz CT molecular complexity index is 1140. The summed E-state index contributed by atoms with van der Waals surface area (Å²) < 4.78 is 4.83. The van der Waals surface area contributed by atoms with Gasteiger partial charge in [-0.1, -0.05) is 18.2 Å². The van der Waals surface area contributed by atoms with E-state index >= 15 is 0 Å². The zero-order chi connectivity index (χ0) is 22.0. The molecule has 8 nitrogen and oxygen atoms in total. The summed E-state index contributed by atoms with van der Waals surface area (Å²) in [5.41, 5.74) is 2.42. The van der Waals surface area contributed by atoms with Crippen LogP contribution in [0.1, 0.15) is 12.5 Å². The average molecular weight is 420 g/mol. The van der Waals surface area contributed by atoms with Crippen molar-refractivity contribution in [1.29, 1.82) is 0 Å². The highest BCUT2D eigenvalue weighted by Gasteiger charge is 2.28. The molecule has 1 aliphatic heterocycles. The number of amides is 1. The molecule has 0 bridgehead atoms. The molecule has 1 saturated heterocycles. The first-order chi connectivity index (χ1) is 15.0. The standard InChI is InChI=1S/C23H24N4O4/c1-3-31-23(30)22(29)27-12-10-26(11-13-27)21-16-9-8-15(2)14-18(16)24-20(25-21)17-6-4-5-7-19(17)28/h4-9,14,28H,3,10-13H2,1-2H3. The number of rotatable bonds is 3. The molecule has 0 unspecified atom stereocenters. The predicted octanol–water partition coefficient (Wildman–Crippen LogP) is 2.52. The molecule has 1 aliphatic rings. The lowest BCUT2D eigenvalue weighted by molar-refractivity contribution is -0.160. The van der Waals surface area contributed by atoms with E-state index in [1.54, 1.807) is 25.1 Å². The second-order valence-electron chi connectivity index (χ2n) is 7.41. The van der Waals surface area contributed by atoms with Crippen molar-refractivity contribution < 1.29 is 19.4 Å². The zero-order valence-corrected chi connectivity index (χ0v) is 17.5. The lowest BCUT2D eigenvalue weighted by Gasteiger charge is -2.35. The first kappa shape index (κ1) is 20.6. The molecule has 0 atom stereocenters. The van der Waals surface area contributed by atoms with Gasteiger partial charge >= 0.3 is 11.9 Å². The molecule has 0 radical (unpaired) electrons. The van der Waals surface area contributed by atoms with Gasteiger partial charge in [-0.05, 0) is 43.7 Å². The van der Waals surface area contributed by atoms with Gasteiger partial charge in [-0.2, -0.15) is 0 Å². The van der Waals surface area contributed by atoms with Crippen LogP contribution in [0, 0.1) is 6.92 Å². The number of esters is 1. The smallest absolute Gasteiger partial charge is 0.397 e. The fraction of sp³-hybridized carbons (Fsp3) is 0.304. The molecule has 4 rings (SSSR count). The van der Waals surface area contributed by atoms with E-state index in [-0.39, 0.29) is 12.4 Å². The molecule has 0 saturated carbocycles. The number of aromatic hydroxyl groups is 1. The molecule has 0 aliphatic carbocycles. The Kier molecular flexibility index (Phi) is 5.70. The van der Waals surface area contributed by atoms with E-state index in [4.69, 9.17) is 9.72 Å². The first-order valence-corrected chi connectivity index (χ1v) is 10.3. The topological polar surface area (TPSA) is 95.9 Å². The average Bonchev–Trinajstić information content (AvgIpc) is 2.78. The summed E-state index contributed by atoms with van der Waals surface area (Å²) >= 11 is 0. The number of para-hydroxylation sites is 1. The highest BCUT2D eigenvalue weighted by molar-refractivity contribution is 6.32. The number of aromatic nitrogens is 2. The van der Waals surface area contributed by atoms with Crippen LogP contribution in [0.4, 0.5) is 5.82 Å². The van der Waals surface area contributed by atoms with Gasteiger partial charge in [-0.25, -0.2) is 14.8 Å². The highest BCUT2D eigenvalue weighted by Crippen LogP contribution is 2.32. The molecule has 1 fully saturated rings. The van der Waals surface area contributed by atoms with Crippen LogP contribution in [0.5, 0.6) is 5.75 Å². The van der Waals surface area contributed by atoms with Crippen molar-refractivity contribution in [3.63, 3.8) is 0 Å². The first-order valence-electron chi connectivity index (χ1n) is 10.3. The lowest BCUT2D eigenvalue weighted by atomic mass is 10.1. The SMILES string of the molecule is CCOC(=O)C(=O)N1CCN(c2nc(-c3ccccc3O)nc3cc(C)ccc23)CC1. The molecule has 1 amide bonds. The molecule has 1 aromatic heterocycles. The number of piperazine rings is 1. The van der Waals surface area contributed by atoms with Gasteiger partial charge in [0.1, 0.15) is 11.6 Å². The van der Waals surface area contributed by atoms with Gasteiger partial charge in [0.2, 0.25) is 0 Å². The Morgan fingerprint density at radius 2 is 1.81 bits per heavy atom. The predicted molar refractivity (Wildman–Crippen MR) is 117 cm³/mol. The lowest BCUT2D eigenvalue weighted by Crippen LogP contribution is -2.51. The van der Waals surface area contributed by atoms with Crippen molar-refractivity contribution in [2.45, 2.75) is 13.8 Å². The summed E-state index contributed by atoms with van der Waals surface area (Å²) in [5.74, 6) is -0.131. The van der Waals surface area contributed by atoms with Crippen LogP contribution in [-0.2, 0) is 14.3 Å². The van der Waals surface area contributed by atoms with Crippen molar-refractivity contribution in [1.82, 2.24) is 14.9 Å². The molecule has 2 aromatic carbocycles. The van der Waals surface area contributed by atoms with E-state index in [0.29, 0.717) is 37.6 Å². The monoisotopic (exact) mass is 420 g/mol. The molecule has 31 heavy (non-hydrogen) atoms. The van der Waals surface area contributed by atoms with E-state index in [2.05, 4.69) is 9.88 Å². The third-order valence-electron chi connectivity index (χ3n) is 5.29. The number of anilines is 1. The number of benzene rings is 2. The summed E-state index contributed by atoms with van der Waals surface area (Å²) in [4.78, 5) is 37.1. The molecule has 160 valence electrons.